The molecule has 0 radical (unpaired) electrons. The standard InChI is InChI=1S/C20H24N8O9S2/c1-13-9-28(19(29)23-17(13)25-27-22)18-15(24-26-21)16(34-10-14-7-5-4-6-8-14)20(37-18,11-35-38(2,30)31)12-36-39(3,32)33/h4-9,15-16,18H,10-12H2,1-3H3/t15-,16+,18-/m1/s1. The van der Waals surface area contributed by atoms with Crippen LogP contribution in [0.1, 0.15) is 17.4 Å². The zero-order valence-electron chi connectivity index (χ0n) is 20.9. The van der Waals surface area contributed by atoms with Gasteiger partial charge >= 0.3 is 5.69 Å². The first kappa shape index (κ1) is 30.0. The SMILES string of the molecule is Cc1cn([C@@H]2OC(COS(C)(=O)=O)(COS(C)(=O)=O)[C@@H](OCc3ccccc3)[C@H]2N=[N+]=[N-])c(=O)nc1N=[N+]=[N-]. The molecule has 19 heteroatoms. The fourth-order valence-corrected chi connectivity index (χ4v) is 4.65. The molecule has 1 aliphatic rings. The molecule has 1 aromatic carbocycles. The van der Waals surface area contributed by atoms with E-state index < -0.39 is 63.1 Å². The molecule has 1 fully saturated rings. The lowest BCUT2D eigenvalue weighted by Gasteiger charge is -2.33. The van der Waals surface area contributed by atoms with Crippen LogP contribution < -0.4 is 5.69 Å². The van der Waals surface area contributed by atoms with Crippen LogP contribution in [-0.4, -0.2) is 69.9 Å². The van der Waals surface area contributed by atoms with Gasteiger partial charge in [-0.05, 0) is 34.2 Å². The second-order valence-electron chi connectivity index (χ2n) is 8.55. The van der Waals surface area contributed by atoms with Crippen LogP contribution in [0.2, 0.25) is 0 Å². The minimum Gasteiger partial charge on any atom is -0.370 e. The normalized spacial score (nSPS) is 20.6. The molecule has 0 spiro atoms. The average molecular weight is 585 g/mol. The molecule has 0 bridgehead atoms. The van der Waals surface area contributed by atoms with E-state index in [1.807, 2.05) is 0 Å². The van der Waals surface area contributed by atoms with Crippen LogP contribution in [0.25, 0.3) is 20.9 Å². The van der Waals surface area contributed by atoms with E-state index in [4.69, 9.17) is 23.4 Å². The monoisotopic (exact) mass is 584 g/mol. The Balaban J connectivity index is 2.18. The number of aryl methyl sites for hydroxylation is 1. The third-order valence-electron chi connectivity index (χ3n) is 5.49. The predicted molar refractivity (Wildman–Crippen MR) is 134 cm³/mol. The van der Waals surface area contributed by atoms with Gasteiger partial charge in [0.25, 0.3) is 20.2 Å². The number of ether oxygens (including phenoxy) is 2. The highest BCUT2D eigenvalue weighted by Crippen LogP contribution is 2.42. The Kier molecular flexibility index (Phi) is 9.31. The predicted octanol–water partition coefficient (Wildman–Crippen LogP) is 1.98. The molecule has 3 atom stereocenters. The van der Waals surface area contributed by atoms with Gasteiger partial charge in [0.15, 0.2) is 6.23 Å². The van der Waals surface area contributed by atoms with Crippen molar-refractivity contribution in [2.24, 2.45) is 10.2 Å². The molecule has 3 rings (SSSR count). The van der Waals surface area contributed by atoms with Crippen LogP contribution in [0, 0.1) is 6.92 Å². The van der Waals surface area contributed by atoms with Gasteiger partial charge in [0, 0.05) is 16.0 Å². The highest BCUT2D eigenvalue weighted by atomic mass is 32.2. The summed E-state index contributed by atoms with van der Waals surface area (Å²) in [6.45, 7) is -0.277. The Morgan fingerprint density at radius 3 is 2.23 bits per heavy atom. The molecule has 0 amide bonds. The lowest BCUT2D eigenvalue weighted by Crippen LogP contribution is -2.52. The minimum absolute atomic E-state index is 0.111. The smallest absolute Gasteiger partial charge is 0.350 e. The van der Waals surface area contributed by atoms with Crippen molar-refractivity contribution in [3.63, 3.8) is 0 Å². The van der Waals surface area contributed by atoms with E-state index >= 15 is 0 Å². The van der Waals surface area contributed by atoms with Crippen LogP contribution in [-0.2, 0) is 44.7 Å². The second-order valence-corrected chi connectivity index (χ2v) is 11.8. The molecule has 0 unspecified atom stereocenters. The van der Waals surface area contributed by atoms with Gasteiger partial charge in [-0.25, -0.2) is 4.79 Å². The van der Waals surface area contributed by atoms with Crippen molar-refractivity contribution in [1.29, 1.82) is 0 Å². The van der Waals surface area contributed by atoms with E-state index in [0.29, 0.717) is 5.56 Å². The van der Waals surface area contributed by atoms with Crippen molar-refractivity contribution in [2.75, 3.05) is 25.7 Å². The van der Waals surface area contributed by atoms with Gasteiger partial charge < -0.3 is 9.47 Å². The van der Waals surface area contributed by atoms with E-state index in [1.165, 1.54) is 13.1 Å². The summed E-state index contributed by atoms with van der Waals surface area (Å²) in [5.74, 6) is -0.207. The van der Waals surface area contributed by atoms with E-state index in [-0.39, 0.29) is 18.0 Å². The van der Waals surface area contributed by atoms with Crippen molar-refractivity contribution in [1.82, 2.24) is 9.55 Å². The summed E-state index contributed by atoms with van der Waals surface area (Å²) in [7, 11) is -8.21. The second kappa shape index (κ2) is 12.1. The molecule has 2 aromatic rings. The summed E-state index contributed by atoms with van der Waals surface area (Å²) in [6, 6.07) is 7.32. The van der Waals surface area contributed by atoms with Gasteiger partial charge in [-0.1, -0.05) is 35.4 Å². The quantitative estimate of drug-likeness (QED) is 0.152. The summed E-state index contributed by atoms with van der Waals surface area (Å²) >= 11 is 0. The molecule has 0 saturated carbocycles. The Bertz CT molecular complexity index is 1530. The van der Waals surface area contributed by atoms with E-state index in [0.717, 1.165) is 17.1 Å². The maximum atomic E-state index is 12.9. The first-order valence-electron chi connectivity index (χ1n) is 11.0. The largest absolute Gasteiger partial charge is 0.370 e. The number of rotatable bonds is 12. The lowest BCUT2D eigenvalue weighted by atomic mass is 9.95. The molecule has 1 aromatic heterocycles. The number of benzene rings is 1. The number of hydrogen-bond donors (Lipinski definition) is 0. The minimum atomic E-state index is -4.10. The number of azide groups is 2. The van der Waals surface area contributed by atoms with Crippen LogP contribution >= 0.6 is 0 Å². The van der Waals surface area contributed by atoms with Crippen LogP contribution in [0.4, 0.5) is 5.82 Å². The van der Waals surface area contributed by atoms with E-state index in [2.05, 4.69) is 25.0 Å². The van der Waals surface area contributed by atoms with E-state index in [9.17, 15) is 27.2 Å². The lowest BCUT2D eigenvalue weighted by molar-refractivity contribution is -0.154. The molecule has 17 nitrogen and oxygen atoms in total. The molecule has 210 valence electrons. The fraction of sp³-hybridized carbons (Fsp3) is 0.500. The highest BCUT2D eigenvalue weighted by molar-refractivity contribution is 7.86. The Morgan fingerprint density at radius 2 is 1.69 bits per heavy atom. The molecule has 0 aliphatic carbocycles. The molecular weight excluding hydrogens is 560 g/mol. The summed E-state index contributed by atoms with van der Waals surface area (Å²) in [5.41, 5.74) is 16.0. The van der Waals surface area contributed by atoms with Crippen molar-refractivity contribution in [3.8, 4) is 0 Å². The maximum Gasteiger partial charge on any atom is 0.350 e. The Labute approximate surface area is 222 Å². The van der Waals surface area contributed by atoms with Gasteiger partial charge in [-0.3, -0.25) is 12.9 Å². The molecule has 0 N–H and O–H groups in total. The average Bonchev–Trinajstić information content (AvgIpc) is 3.16. The van der Waals surface area contributed by atoms with Crippen molar-refractivity contribution >= 4 is 26.1 Å². The van der Waals surface area contributed by atoms with Crippen molar-refractivity contribution in [2.45, 2.75) is 37.5 Å². The Hall–Kier alpha value is -3.54. The van der Waals surface area contributed by atoms with Gasteiger partial charge in [0.2, 0.25) is 0 Å². The summed E-state index contributed by atoms with van der Waals surface area (Å²) < 4.78 is 70.6. The maximum absolute atomic E-state index is 12.9. The summed E-state index contributed by atoms with van der Waals surface area (Å²) in [4.78, 5) is 22.0. The fourth-order valence-electron chi connectivity index (χ4n) is 3.82. The zero-order valence-corrected chi connectivity index (χ0v) is 22.5. The summed E-state index contributed by atoms with van der Waals surface area (Å²) in [5, 5.41) is 7.08. The Morgan fingerprint density at radius 1 is 1.08 bits per heavy atom. The van der Waals surface area contributed by atoms with Crippen LogP contribution in [0.15, 0.2) is 51.6 Å². The van der Waals surface area contributed by atoms with Crippen LogP contribution in [0.5, 0.6) is 0 Å². The first-order valence-corrected chi connectivity index (χ1v) is 14.6. The van der Waals surface area contributed by atoms with Crippen molar-refractivity contribution in [3.05, 3.63) is 79.0 Å². The zero-order chi connectivity index (χ0) is 28.8. The van der Waals surface area contributed by atoms with Gasteiger partial charge in [-0.15, -0.1) is 0 Å². The third kappa shape index (κ3) is 7.75. The highest BCUT2D eigenvalue weighted by Gasteiger charge is 2.58. The third-order valence-corrected chi connectivity index (χ3v) is 6.58. The van der Waals surface area contributed by atoms with Crippen LogP contribution in [0.3, 0.4) is 0 Å². The van der Waals surface area contributed by atoms with Gasteiger partial charge in [0.1, 0.15) is 36.8 Å². The summed E-state index contributed by atoms with van der Waals surface area (Å²) in [6.07, 6.45) is -0.135. The number of aromatic nitrogens is 2. The van der Waals surface area contributed by atoms with E-state index in [1.54, 1.807) is 30.3 Å². The first-order chi connectivity index (χ1) is 18.3. The molecule has 2 heterocycles. The van der Waals surface area contributed by atoms with Gasteiger partial charge in [-0.2, -0.15) is 21.8 Å². The molecule has 1 saturated heterocycles. The van der Waals surface area contributed by atoms with Gasteiger partial charge in [0.05, 0.1) is 19.1 Å². The molecule has 39 heavy (non-hydrogen) atoms. The molecular formula is C20H24N8O9S2. The van der Waals surface area contributed by atoms with Crippen molar-refractivity contribution < 1.29 is 34.7 Å². The number of nitrogens with zero attached hydrogens (tertiary/aromatic N) is 8. The molecule has 1 aliphatic heterocycles. The number of hydrogen-bond acceptors (Lipinski definition) is 12. The topological polar surface area (TPSA) is 238 Å².